The van der Waals surface area contributed by atoms with E-state index in [0.29, 0.717) is 23.1 Å². The van der Waals surface area contributed by atoms with Crippen LogP contribution in [0.5, 0.6) is 5.75 Å². The summed E-state index contributed by atoms with van der Waals surface area (Å²) in [5, 5.41) is 2.18. The number of benzene rings is 2. The summed E-state index contributed by atoms with van der Waals surface area (Å²) in [5.74, 6) is 0.236. The van der Waals surface area contributed by atoms with E-state index in [-0.39, 0.29) is 12.1 Å². The van der Waals surface area contributed by atoms with Gasteiger partial charge in [-0.25, -0.2) is 5.01 Å². The zero-order valence-corrected chi connectivity index (χ0v) is 17.0. The molecule has 0 saturated carbocycles. The fraction of sp³-hybridized carbons (Fsp3) is 0.500. The van der Waals surface area contributed by atoms with E-state index in [0.717, 1.165) is 24.3 Å². The molecule has 4 nitrogen and oxygen atoms in total. The fourth-order valence-electron chi connectivity index (χ4n) is 3.65. The van der Waals surface area contributed by atoms with E-state index in [2.05, 4.69) is 12.3 Å². The van der Waals surface area contributed by atoms with Gasteiger partial charge in [-0.05, 0) is 48.7 Å². The molecule has 0 spiro atoms. The highest BCUT2D eigenvalue weighted by Crippen LogP contribution is 2.43. The third kappa shape index (κ3) is 4.66. The molecule has 1 unspecified atom stereocenters. The van der Waals surface area contributed by atoms with Crippen molar-refractivity contribution in [2.75, 3.05) is 13.2 Å². The lowest BCUT2D eigenvalue weighted by molar-refractivity contribution is -0.191. The summed E-state index contributed by atoms with van der Waals surface area (Å²) in [5.41, 5.74) is 1.65. The predicted molar refractivity (Wildman–Crippen MR) is 106 cm³/mol. The lowest BCUT2D eigenvalue weighted by Crippen LogP contribution is -2.43. The smallest absolute Gasteiger partial charge is 0.409 e. The van der Waals surface area contributed by atoms with E-state index in [1.54, 1.807) is 44.2 Å². The van der Waals surface area contributed by atoms with Crippen molar-refractivity contribution >= 4 is 16.7 Å². The molecule has 158 valence electrons. The molecule has 1 aliphatic heterocycles. The number of carbonyl (C=O) groups excluding carboxylic acids is 1. The molecule has 2 aromatic carbocycles. The summed E-state index contributed by atoms with van der Waals surface area (Å²) in [7, 11) is 0. The molecule has 1 amide bonds. The molecule has 3 rings (SSSR count). The quantitative estimate of drug-likeness (QED) is 0.625. The van der Waals surface area contributed by atoms with Crippen molar-refractivity contribution in [1.82, 2.24) is 10.4 Å². The summed E-state index contributed by atoms with van der Waals surface area (Å²) in [6.45, 7) is 5.95. The van der Waals surface area contributed by atoms with Gasteiger partial charge in [-0.1, -0.05) is 44.0 Å². The highest BCUT2D eigenvalue weighted by atomic mass is 19.4. The first-order valence-corrected chi connectivity index (χ1v) is 9.93. The Morgan fingerprint density at radius 3 is 2.59 bits per heavy atom. The largest absolute Gasteiger partial charge is 0.494 e. The SMILES string of the molecule is CCCCCOc1ccc2c(C(N3CC(C)(C)C(=O)N3)C(F)(F)F)cccc2c1. The Hall–Kier alpha value is -2.28. The minimum absolute atomic E-state index is 0.0228. The van der Waals surface area contributed by atoms with Gasteiger partial charge in [0.05, 0.1) is 12.0 Å². The number of rotatable bonds is 7. The molecule has 29 heavy (non-hydrogen) atoms. The van der Waals surface area contributed by atoms with Crippen molar-refractivity contribution in [3.05, 3.63) is 42.0 Å². The standard InChI is InChI=1S/C22H27F3N2O2/c1-4-5-6-12-29-16-10-11-17-15(13-16)8-7-9-18(17)19(22(23,24)25)27-14-21(2,3)20(28)26-27/h7-11,13,19H,4-6,12,14H2,1-3H3,(H,26,28). The van der Waals surface area contributed by atoms with Gasteiger partial charge in [0, 0.05) is 6.54 Å². The van der Waals surface area contributed by atoms with Crippen LogP contribution in [0, 0.1) is 5.41 Å². The number of alkyl halides is 3. The monoisotopic (exact) mass is 408 g/mol. The number of hydrazine groups is 1. The second kappa shape index (κ2) is 8.22. The van der Waals surface area contributed by atoms with Crippen molar-refractivity contribution in [1.29, 1.82) is 0 Å². The third-order valence-corrected chi connectivity index (χ3v) is 5.24. The van der Waals surface area contributed by atoms with Crippen molar-refractivity contribution in [2.24, 2.45) is 5.41 Å². The van der Waals surface area contributed by atoms with Crippen molar-refractivity contribution in [3.63, 3.8) is 0 Å². The van der Waals surface area contributed by atoms with E-state index < -0.39 is 23.5 Å². The Morgan fingerprint density at radius 1 is 1.21 bits per heavy atom. The molecular formula is C22H27F3N2O2. The highest BCUT2D eigenvalue weighted by Gasteiger charge is 2.51. The minimum atomic E-state index is -4.54. The average Bonchev–Trinajstić information content (AvgIpc) is 2.90. The maximum absolute atomic E-state index is 14.1. The van der Waals surface area contributed by atoms with Crippen LogP contribution >= 0.6 is 0 Å². The van der Waals surface area contributed by atoms with E-state index in [1.807, 2.05) is 0 Å². The van der Waals surface area contributed by atoms with Gasteiger partial charge in [-0.2, -0.15) is 13.2 Å². The lowest BCUT2D eigenvalue weighted by atomic mass is 9.93. The van der Waals surface area contributed by atoms with Crippen molar-refractivity contribution in [2.45, 2.75) is 52.3 Å². The molecule has 0 aliphatic carbocycles. The Bertz CT molecular complexity index is 880. The molecule has 0 radical (unpaired) electrons. The normalized spacial score (nSPS) is 18.1. The van der Waals surface area contributed by atoms with Crippen LogP contribution in [0.3, 0.4) is 0 Å². The van der Waals surface area contributed by atoms with Gasteiger partial charge in [0.1, 0.15) is 5.75 Å². The molecule has 2 aromatic rings. The van der Waals surface area contributed by atoms with Crippen LogP contribution in [0.2, 0.25) is 0 Å². The number of nitrogens with zero attached hydrogens (tertiary/aromatic N) is 1. The number of carbonyl (C=O) groups is 1. The molecule has 7 heteroatoms. The van der Waals surface area contributed by atoms with E-state index in [1.165, 1.54) is 6.07 Å². The van der Waals surface area contributed by atoms with E-state index in [4.69, 9.17) is 4.74 Å². The lowest BCUT2D eigenvalue weighted by Gasteiger charge is -2.30. The van der Waals surface area contributed by atoms with Crippen LogP contribution in [-0.2, 0) is 4.79 Å². The van der Waals surface area contributed by atoms with Crippen LogP contribution in [0.1, 0.15) is 51.6 Å². The predicted octanol–water partition coefficient (Wildman–Crippen LogP) is 5.39. The number of halogens is 3. The van der Waals surface area contributed by atoms with Crippen LogP contribution in [0.15, 0.2) is 36.4 Å². The molecule has 1 fully saturated rings. The maximum atomic E-state index is 14.1. The Morgan fingerprint density at radius 2 is 1.97 bits per heavy atom. The van der Waals surface area contributed by atoms with E-state index in [9.17, 15) is 18.0 Å². The van der Waals surface area contributed by atoms with E-state index >= 15 is 0 Å². The van der Waals surface area contributed by atoms with Gasteiger partial charge >= 0.3 is 6.18 Å². The number of unbranched alkanes of at least 4 members (excludes halogenated alkanes) is 2. The second-order valence-corrected chi connectivity index (χ2v) is 8.18. The summed E-state index contributed by atoms with van der Waals surface area (Å²) < 4.78 is 47.9. The first kappa shape index (κ1) is 21.4. The number of nitrogens with one attached hydrogen (secondary N) is 1. The van der Waals surface area contributed by atoms with Gasteiger partial charge in [0.25, 0.3) is 0 Å². The number of ether oxygens (including phenoxy) is 1. The molecule has 0 aromatic heterocycles. The van der Waals surface area contributed by atoms with Gasteiger partial charge in [-0.15, -0.1) is 0 Å². The van der Waals surface area contributed by atoms with Crippen LogP contribution in [0.4, 0.5) is 13.2 Å². The highest BCUT2D eigenvalue weighted by molar-refractivity contribution is 5.88. The van der Waals surface area contributed by atoms with Crippen molar-refractivity contribution < 1.29 is 22.7 Å². The summed E-state index contributed by atoms with van der Waals surface area (Å²) in [4.78, 5) is 12.1. The number of hydrogen-bond donors (Lipinski definition) is 1. The molecule has 1 aliphatic rings. The average molecular weight is 408 g/mol. The summed E-state index contributed by atoms with van der Waals surface area (Å²) in [6.07, 6.45) is -1.44. The Kier molecular flexibility index (Phi) is 6.08. The van der Waals surface area contributed by atoms with Gasteiger partial charge in [-0.3, -0.25) is 10.2 Å². The molecule has 1 saturated heterocycles. The molecule has 1 heterocycles. The topological polar surface area (TPSA) is 41.6 Å². The number of hydrogen-bond acceptors (Lipinski definition) is 3. The summed E-state index contributed by atoms with van der Waals surface area (Å²) >= 11 is 0. The van der Waals surface area contributed by atoms with Crippen molar-refractivity contribution in [3.8, 4) is 5.75 Å². The van der Waals surface area contributed by atoms with Gasteiger partial charge in [0.15, 0.2) is 6.04 Å². The number of amides is 1. The van der Waals surface area contributed by atoms with Gasteiger partial charge < -0.3 is 4.74 Å². The van der Waals surface area contributed by atoms with Crippen LogP contribution < -0.4 is 10.2 Å². The third-order valence-electron chi connectivity index (χ3n) is 5.24. The first-order valence-electron chi connectivity index (χ1n) is 9.93. The Labute approximate surface area is 169 Å². The first-order chi connectivity index (χ1) is 13.6. The van der Waals surface area contributed by atoms with Crippen LogP contribution in [-0.4, -0.2) is 30.2 Å². The van der Waals surface area contributed by atoms with Gasteiger partial charge in [0.2, 0.25) is 5.91 Å². The molecule has 0 bridgehead atoms. The fourth-order valence-corrected chi connectivity index (χ4v) is 3.65. The second-order valence-electron chi connectivity index (χ2n) is 8.18. The zero-order chi connectivity index (χ0) is 21.2. The number of fused-ring (bicyclic) bond motifs is 1. The molecule has 1 N–H and O–H groups in total. The van der Waals surface area contributed by atoms with Crippen LogP contribution in [0.25, 0.3) is 10.8 Å². The maximum Gasteiger partial charge on any atom is 0.409 e. The zero-order valence-electron chi connectivity index (χ0n) is 17.0. The summed E-state index contributed by atoms with van der Waals surface area (Å²) in [6, 6.07) is 8.08. The minimum Gasteiger partial charge on any atom is -0.494 e. The Balaban J connectivity index is 1.94. The molecule has 1 atom stereocenters. The molecular weight excluding hydrogens is 381 g/mol.